The molecule has 0 aliphatic rings. The number of carbonyl (C=O) groups is 1. The summed E-state index contributed by atoms with van der Waals surface area (Å²) in [5.74, 6) is -0.224. The van der Waals surface area contributed by atoms with Gasteiger partial charge in [-0.25, -0.2) is 4.79 Å². The lowest BCUT2D eigenvalue weighted by Gasteiger charge is -2.07. The predicted octanol–water partition coefficient (Wildman–Crippen LogP) is 4.94. The topological polar surface area (TPSA) is 29.3 Å². The zero-order valence-electron chi connectivity index (χ0n) is 15.1. The van der Waals surface area contributed by atoms with E-state index in [1.54, 1.807) is 11.8 Å². The van der Waals surface area contributed by atoms with Gasteiger partial charge in [0.1, 0.15) is 6.61 Å². The Morgan fingerprint density at radius 2 is 2.04 bits per heavy atom. The highest BCUT2D eigenvalue weighted by atomic mass is 32.2. The fourth-order valence-corrected chi connectivity index (χ4v) is 2.55. The van der Waals surface area contributed by atoms with Crippen molar-refractivity contribution in [3.05, 3.63) is 36.1 Å². The molecule has 4 heteroatoms. The SMILES string of the molecule is C=C(CCCCC)[N+](=CSC)CC(=O)OCC(/C=C\C)=C/CC. The molecule has 0 bridgehead atoms. The highest BCUT2D eigenvalue weighted by Crippen LogP contribution is 2.09. The second-order valence-corrected chi connectivity index (χ2v) is 6.02. The Balaban J connectivity index is 4.53. The molecule has 0 aromatic carbocycles. The first-order valence-electron chi connectivity index (χ1n) is 8.36. The van der Waals surface area contributed by atoms with Gasteiger partial charge in [0.15, 0.2) is 5.70 Å². The molecular formula is C19H32NO2S+. The van der Waals surface area contributed by atoms with Crippen LogP contribution in [0.2, 0.25) is 0 Å². The maximum Gasteiger partial charge on any atom is 0.373 e. The van der Waals surface area contributed by atoms with Gasteiger partial charge < -0.3 is 4.74 Å². The molecule has 130 valence electrons. The molecular weight excluding hydrogens is 306 g/mol. The average molecular weight is 339 g/mol. The van der Waals surface area contributed by atoms with E-state index in [2.05, 4.69) is 26.5 Å². The van der Waals surface area contributed by atoms with Crippen LogP contribution >= 0.6 is 11.8 Å². The molecule has 0 spiro atoms. The second kappa shape index (κ2) is 14.3. The van der Waals surface area contributed by atoms with Crippen molar-refractivity contribution in [2.24, 2.45) is 0 Å². The first kappa shape index (κ1) is 21.7. The maximum absolute atomic E-state index is 12.1. The minimum atomic E-state index is -0.224. The van der Waals surface area contributed by atoms with E-state index >= 15 is 0 Å². The molecule has 0 unspecified atom stereocenters. The van der Waals surface area contributed by atoms with Crippen LogP contribution in [0.1, 0.15) is 52.9 Å². The summed E-state index contributed by atoms with van der Waals surface area (Å²) in [6.45, 7) is 10.9. The number of allylic oxidation sites excluding steroid dienone is 3. The first-order valence-corrected chi connectivity index (χ1v) is 9.65. The summed E-state index contributed by atoms with van der Waals surface area (Å²) < 4.78 is 7.30. The molecule has 0 fully saturated rings. The van der Waals surface area contributed by atoms with Crippen molar-refractivity contribution in [2.75, 3.05) is 19.4 Å². The van der Waals surface area contributed by atoms with Crippen molar-refractivity contribution in [3.8, 4) is 0 Å². The summed E-state index contributed by atoms with van der Waals surface area (Å²) in [7, 11) is 0. The molecule has 0 amide bonds. The lowest BCUT2D eigenvalue weighted by Crippen LogP contribution is -2.23. The van der Waals surface area contributed by atoms with Gasteiger partial charge in [0.05, 0.1) is 0 Å². The molecule has 0 saturated heterocycles. The number of nitrogens with zero attached hydrogens (tertiary/aromatic N) is 1. The monoisotopic (exact) mass is 338 g/mol. The number of unbranched alkanes of at least 4 members (excludes halogenated alkanes) is 2. The van der Waals surface area contributed by atoms with Crippen LogP contribution in [0.3, 0.4) is 0 Å². The quantitative estimate of drug-likeness (QED) is 0.126. The minimum Gasteiger partial charge on any atom is -0.456 e. The molecule has 0 aromatic rings. The average Bonchev–Trinajstić information content (AvgIpc) is 2.52. The second-order valence-electron chi connectivity index (χ2n) is 5.34. The minimum absolute atomic E-state index is 0.223. The van der Waals surface area contributed by atoms with Gasteiger partial charge in [-0.05, 0) is 38.2 Å². The number of rotatable bonds is 12. The number of carbonyl (C=O) groups excluding carboxylic acids is 1. The molecule has 0 N–H and O–H groups in total. The summed E-state index contributed by atoms with van der Waals surface area (Å²) >= 11 is 1.57. The number of thioether (sulfide) groups is 1. The Labute approximate surface area is 146 Å². The van der Waals surface area contributed by atoms with Gasteiger partial charge in [-0.1, -0.05) is 56.7 Å². The smallest absolute Gasteiger partial charge is 0.373 e. The van der Waals surface area contributed by atoms with Crippen molar-refractivity contribution < 1.29 is 14.1 Å². The van der Waals surface area contributed by atoms with Gasteiger partial charge in [-0.2, -0.15) is 4.58 Å². The molecule has 0 aromatic heterocycles. The standard InChI is InChI=1S/C19H32NO2S/c1-6-9-10-13-17(4)20(16-23-5)14-19(21)22-15-18(11-7-2)12-8-3/h7,11-12,16H,4,6,8-10,13-15H2,1-3,5H3/q+1/b11-7-,18-12+,20-16?. The van der Waals surface area contributed by atoms with Crippen LogP contribution in [0.5, 0.6) is 0 Å². The summed E-state index contributed by atoms with van der Waals surface area (Å²) in [5, 5.41) is 0. The van der Waals surface area contributed by atoms with Crippen molar-refractivity contribution in [2.45, 2.75) is 52.9 Å². The van der Waals surface area contributed by atoms with Gasteiger partial charge in [-0.3, -0.25) is 0 Å². The zero-order valence-corrected chi connectivity index (χ0v) is 16.0. The van der Waals surface area contributed by atoms with E-state index in [1.807, 2.05) is 35.5 Å². The molecule has 0 heterocycles. The van der Waals surface area contributed by atoms with Crippen molar-refractivity contribution in [1.29, 1.82) is 0 Å². The third-order valence-corrected chi connectivity index (χ3v) is 3.72. The number of hydrogen-bond acceptors (Lipinski definition) is 3. The molecule has 0 aliphatic heterocycles. The predicted molar refractivity (Wildman–Crippen MR) is 102 cm³/mol. The van der Waals surface area contributed by atoms with Crippen LogP contribution in [-0.2, 0) is 9.53 Å². The summed E-state index contributed by atoms with van der Waals surface area (Å²) in [6, 6.07) is 0. The Morgan fingerprint density at radius 1 is 1.30 bits per heavy atom. The highest BCUT2D eigenvalue weighted by molar-refractivity contribution is 8.11. The van der Waals surface area contributed by atoms with E-state index < -0.39 is 0 Å². The zero-order chi connectivity index (χ0) is 17.5. The summed E-state index contributed by atoms with van der Waals surface area (Å²) in [6.07, 6.45) is 13.3. The van der Waals surface area contributed by atoms with Crippen LogP contribution in [0.4, 0.5) is 0 Å². The molecule has 0 radical (unpaired) electrons. The number of ether oxygens (including phenoxy) is 1. The fraction of sp³-hybridized carbons (Fsp3) is 0.579. The van der Waals surface area contributed by atoms with Gasteiger partial charge >= 0.3 is 5.97 Å². The molecule has 0 atom stereocenters. The molecule has 23 heavy (non-hydrogen) atoms. The molecule has 0 aliphatic carbocycles. The van der Waals surface area contributed by atoms with E-state index in [0.717, 1.165) is 30.5 Å². The Bertz CT molecular complexity index is 450. The molecule has 0 rings (SSSR count). The maximum atomic E-state index is 12.1. The number of hydrogen-bond donors (Lipinski definition) is 0. The van der Waals surface area contributed by atoms with E-state index in [1.165, 1.54) is 12.8 Å². The molecule has 0 saturated carbocycles. The first-order chi connectivity index (χ1) is 11.1. The highest BCUT2D eigenvalue weighted by Gasteiger charge is 2.17. The number of esters is 1. The Hall–Kier alpha value is -1.29. The largest absolute Gasteiger partial charge is 0.456 e. The van der Waals surface area contributed by atoms with Gasteiger partial charge in [0.2, 0.25) is 12.1 Å². The third kappa shape index (κ3) is 11.0. The van der Waals surface area contributed by atoms with E-state index in [9.17, 15) is 4.79 Å². The van der Waals surface area contributed by atoms with E-state index in [0.29, 0.717) is 6.61 Å². The van der Waals surface area contributed by atoms with Crippen molar-refractivity contribution in [1.82, 2.24) is 0 Å². The van der Waals surface area contributed by atoms with E-state index in [4.69, 9.17) is 4.74 Å². The van der Waals surface area contributed by atoms with Crippen LogP contribution in [-0.4, -0.2) is 35.5 Å². The van der Waals surface area contributed by atoms with Crippen LogP contribution < -0.4 is 0 Å². The van der Waals surface area contributed by atoms with Crippen molar-refractivity contribution in [3.63, 3.8) is 0 Å². The van der Waals surface area contributed by atoms with Crippen molar-refractivity contribution >= 4 is 23.3 Å². The van der Waals surface area contributed by atoms with E-state index in [-0.39, 0.29) is 12.5 Å². The summed E-state index contributed by atoms with van der Waals surface area (Å²) in [4.78, 5) is 12.1. The lowest BCUT2D eigenvalue weighted by molar-refractivity contribution is -0.462. The van der Waals surface area contributed by atoms with Crippen LogP contribution in [0, 0.1) is 0 Å². The van der Waals surface area contributed by atoms with Crippen LogP contribution in [0.15, 0.2) is 36.1 Å². The Kier molecular flexibility index (Phi) is 13.5. The van der Waals surface area contributed by atoms with Crippen LogP contribution in [0.25, 0.3) is 0 Å². The molecule has 3 nitrogen and oxygen atoms in total. The van der Waals surface area contributed by atoms with Gasteiger partial charge in [-0.15, -0.1) is 0 Å². The van der Waals surface area contributed by atoms with Gasteiger partial charge in [0.25, 0.3) is 0 Å². The summed E-state index contributed by atoms with van der Waals surface area (Å²) in [5.41, 5.74) is 3.94. The fourth-order valence-electron chi connectivity index (χ4n) is 2.07. The van der Waals surface area contributed by atoms with Gasteiger partial charge in [0, 0.05) is 6.42 Å². The lowest BCUT2D eigenvalue weighted by atomic mass is 10.2. The Morgan fingerprint density at radius 3 is 2.61 bits per heavy atom. The third-order valence-electron chi connectivity index (χ3n) is 3.25. The normalized spacial score (nSPS) is 12.7.